The molecule has 6 heteroatoms. The zero-order chi connectivity index (χ0) is 31.4. The third-order valence-corrected chi connectivity index (χ3v) is 9.17. The molecule has 1 saturated heterocycles. The van der Waals surface area contributed by atoms with Crippen molar-refractivity contribution in [2.24, 2.45) is 5.92 Å². The van der Waals surface area contributed by atoms with Crippen LogP contribution in [0.15, 0.2) is 42.5 Å². The summed E-state index contributed by atoms with van der Waals surface area (Å²) in [5, 5.41) is 0. The van der Waals surface area contributed by atoms with Crippen LogP contribution in [0.25, 0.3) is 0 Å². The van der Waals surface area contributed by atoms with Crippen LogP contribution in [0.4, 0.5) is 4.39 Å². The topological polar surface area (TPSA) is 48.0 Å². The van der Waals surface area contributed by atoms with Crippen molar-refractivity contribution in [2.75, 3.05) is 33.9 Å². The first-order valence-electron chi connectivity index (χ1n) is 17.4. The minimum atomic E-state index is -0.367. The lowest BCUT2D eigenvalue weighted by atomic mass is 9.86. The number of esters is 1. The van der Waals surface area contributed by atoms with Gasteiger partial charge >= 0.3 is 5.97 Å². The quantitative estimate of drug-likeness (QED) is 0.0980. The standard InChI is InChI=1S/C38H58FNO4/c1-4-5-6-7-8-9-10-11-12-13-14-15-16-20-36(41)44-37(34-18-17-19-35(42-2)38(34)43-3)32-26-29-40(30-27-32)28-25-31-21-23-33(39)24-22-31/h17-19,21-24,32,37H,4-16,20,25-30H2,1-3H3/t37-/m1/s1. The molecule has 1 atom stereocenters. The van der Waals surface area contributed by atoms with Crippen LogP contribution in [-0.4, -0.2) is 44.7 Å². The number of ether oxygens (including phenoxy) is 3. The number of methoxy groups -OCH3 is 2. The number of para-hydroxylation sites is 1. The van der Waals surface area contributed by atoms with Gasteiger partial charge in [0.2, 0.25) is 0 Å². The second-order valence-electron chi connectivity index (χ2n) is 12.5. The number of likely N-dealkylation sites (tertiary alicyclic amines) is 1. The molecule has 0 radical (unpaired) electrons. The van der Waals surface area contributed by atoms with E-state index in [1.54, 1.807) is 14.2 Å². The highest BCUT2D eigenvalue weighted by Gasteiger charge is 2.33. The van der Waals surface area contributed by atoms with E-state index in [0.29, 0.717) is 17.9 Å². The monoisotopic (exact) mass is 611 g/mol. The average Bonchev–Trinajstić information content (AvgIpc) is 3.05. The van der Waals surface area contributed by atoms with Crippen LogP contribution >= 0.6 is 0 Å². The van der Waals surface area contributed by atoms with Crippen molar-refractivity contribution < 1.29 is 23.4 Å². The van der Waals surface area contributed by atoms with Gasteiger partial charge in [-0.05, 0) is 62.5 Å². The van der Waals surface area contributed by atoms with E-state index < -0.39 is 0 Å². The van der Waals surface area contributed by atoms with E-state index in [9.17, 15) is 9.18 Å². The fraction of sp³-hybridized carbons (Fsp3) is 0.658. The molecular formula is C38H58FNO4. The summed E-state index contributed by atoms with van der Waals surface area (Å²) in [5.41, 5.74) is 2.03. The number of unbranched alkanes of at least 4 members (excludes halogenated alkanes) is 12. The van der Waals surface area contributed by atoms with Gasteiger partial charge in [0, 0.05) is 24.4 Å². The summed E-state index contributed by atoms with van der Waals surface area (Å²) < 4.78 is 30.9. The van der Waals surface area contributed by atoms with Gasteiger partial charge in [0.25, 0.3) is 0 Å². The van der Waals surface area contributed by atoms with Gasteiger partial charge in [-0.15, -0.1) is 0 Å². The number of carbonyl (C=O) groups is 1. The first kappa shape index (κ1) is 35.9. The predicted molar refractivity (Wildman–Crippen MR) is 178 cm³/mol. The van der Waals surface area contributed by atoms with Crippen LogP contribution in [0.1, 0.15) is 127 Å². The van der Waals surface area contributed by atoms with E-state index >= 15 is 0 Å². The summed E-state index contributed by atoms with van der Waals surface area (Å²) in [5.74, 6) is 1.18. The fourth-order valence-electron chi connectivity index (χ4n) is 6.45. The van der Waals surface area contributed by atoms with E-state index in [0.717, 1.165) is 62.9 Å². The van der Waals surface area contributed by atoms with Gasteiger partial charge < -0.3 is 19.1 Å². The van der Waals surface area contributed by atoms with E-state index in [1.807, 2.05) is 30.3 Å². The molecule has 0 amide bonds. The fourth-order valence-corrected chi connectivity index (χ4v) is 6.45. The molecule has 0 aromatic heterocycles. The normalized spacial score (nSPS) is 14.8. The second kappa shape index (κ2) is 21.2. The number of halogens is 1. The SMILES string of the molecule is CCCCCCCCCCCCCCCC(=O)O[C@@H](c1cccc(OC)c1OC)C1CCN(CCc2ccc(F)cc2)CC1. The van der Waals surface area contributed by atoms with Crippen molar-refractivity contribution in [3.8, 4) is 11.5 Å². The summed E-state index contributed by atoms with van der Waals surface area (Å²) in [4.78, 5) is 15.6. The Kier molecular flexibility index (Phi) is 17.3. The zero-order valence-electron chi connectivity index (χ0n) is 27.8. The molecule has 1 aliphatic rings. The molecular weight excluding hydrogens is 553 g/mol. The van der Waals surface area contributed by atoms with Crippen molar-refractivity contribution in [1.82, 2.24) is 4.90 Å². The molecule has 44 heavy (non-hydrogen) atoms. The number of hydrogen-bond donors (Lipinski definition) is 0. The summed E-state index contributed by atoms with van der Waals surface area (Å²) in [6.07, 6.45) is 19.5. The van der Waals surface area contributed by atoms with Crippen LogP contribution in [0, 0.1) is 11.7 Å². The molecule has 0 N–H and O–H groups in total. The Morgan fingerprint density at radius 1 is 0.818 bits per heavy atom. The maximum atomic E-state index is 13.3. The van der Waals surface area contributed by atoms with Crippen molar-refractivity contribution in [3.63, 3.8) is 0 Å². The van der Waals surface area contributed by atoms with Gasteiger partial charge in [0.1, 0.15) is 11.9 Å². The number of nitrogens with zero attached hydrogens (tertiary/aromatic N) is 1. The van der Waals surface area contributed by atoms with Crippen LogP contribution in [0.3, 0.4) is 0 Å². The minimum absolute atomic E-state index is 0.123. The molecule has 0 spiro atoms. The highest BCUT2D eigenvalue weighted by molar-refractivity contribution is 5.70. The van der Waals surface area contributed by atoms with Gasteiger partial charge in [-0.3, -0.25) is 4.79 Å². The molecule has 5 nitrogen and oxygen atoms in total. The Morgan fingerprint density at radius 3 is 1.98 bits per heavy atom. The molecule has 0 aliphatic carbocycles. The molecule has 246 valence electrons. The first-order chi connectivity index (χ1) is 21.5. The Labute approximate surface area is 266 Å². The number of carbonyl (C=O) groups excluding carboxylic acids is 1. The smallest absolute Gasteiger partial charge is 0.306 e. The van der Waals surface area contributed by atoms with Crippen LogP contribution < -0.4 is 9.47 Å². The number of rotatable bonds is 22. The molecule has 2 aromatic rings. The van der Waals surface area contributed by atoms with Crippen molar-refractivity contribution in [3.05, 3.63) is 59.4 Å². The largest absolute Gasteiger partial charge is 0.493 e. The van der Waals surface area contributed by atoms with E-state index in [1.165, 1.54) is 82.8 Å². The zero-order valence-corrected chi connectivity index (χ0v) is 27.8. The highest BCUT2D eigenvalue weighted by atomic mass is 19.1. The number of hydrogen-bond acceptors (Lipinski definition) is 5. The first-order valence-corrected chi connectivity index (χ1v) is 17.4. The number of benzene rings is 2. The molecule has 1 heterocycles. The van der Waals surface area contributed by atoms with E-state index in [2.05, 4.69) is 11.8 Å². The summed E-state index contributed by atoms with van der Waals surface area (Å²) in [6, 6.07) is 12.6. The Morgan fingerprint density at radius 2 is 1.41 bits per heavy atom. The Bertz CT molecular complexity index is 1050. The second-order valence-corrected chi connectivity index (χ2v) is 12.5. The van der Waals surface area contributed by atoms with Crippen molar-refractivity contribution >= 4 is 5.97 Å². The Balaban J connectivity index is 1.44. The summed E-state index contributed by atoms with van der Waals surface area (Å²) >= 11 is 0. The van der Waals surface area contributed by atoms with Crippen LogP contribution in [0.5, 0.6) is 11.5 Å². The maximum absolute atomic E-state index is 13.3. The third kappa shape index (κ3) is 12.8. The lowest BCUT2D eigenvalue weighted by molar-refractivity contribution is -0.153. The molecule has 2 aromatic carbocycles. The average molecular weight is 612 g/mol. The lowest BCUT2D eigenvalue weighted by Crippen LogP contribution is -2.37. The van der Waals surface area contributed by atoms with Crippen molar-refractivity contribution in [1.29, 1.82) is 0 Å². The molecule has 0 unspecified atom stereocenters. The molecule has 0 saturated carbocycles. The van der Waals surface area contributed by atoms with Crippen LogP contribution in [0.2, 0.25) is 0 Å². The highest BCUT2D eigenvalue weighted by Crippen LogP contribution is 2.42. The minimum Gasteiger partial charge on any atom is -0.493 e. The van der Waals surface area contributed by atoms with Gasteiger partial charge in [-0.25, -0.2) is 4.39 Å². The third-order valence-electron chi connectivity index (χ3n) is 9.17. The summed E-state index contributed by atoms with van der Waals surface area (Å²) in [7, 11) is 3.28. The predicted octanol–water partition coefficient (Wildman–Crippen LogP) is 9.86. The Hall–Kier alpha value is -2.60. The molecule has 1 aliphatic heterocycles. The maximum Gasteiger partial charge on any atom is 0.306 e. The van der Waals surface area contributed by atoms with E-state index in [-0.39, 0.29) is 23.8 Å². The van der Waals surface area contributed by atoms with Gasteiger partial charge in [-0.1, -0.05) is 108 Å². The molecule has 0 bridgehead atoms. The molecule has 3 rings (SSSR count). The van der Waals surface area contributed by atoms with Crippen LogP contribution in [-0.2, 0) is 16.0 Å². The van der Waals surface area contributed by atoms with Gasteiger partial charge in [-0.2, -0.15) is 0 Å². The molecule has 1 fully saturated rings. The number of piperidine rings is 1. The van der Waals surface area contributed by atoms with Crippen molar-refractivity contribution in [2.45, 2.75) is 122 Å². The lowest BCUT2D eigenvalue weighted by Gasteiger charge is -2.36. The van der Waals surface area contributed by atoms with E-state index in [4.69, 9.17) is 14.2 Å². The van der Waals surface area contributed by atoms with Gasteiger partial charge in [0.05, 0.1) is 14.2 Å². The summed E-state index contributed by atoms with van der Waals surface area (Å²) in [6.45, 7) is 5.08. The van der Waals surface area contributed by atoms with Gasteiger partial charge in [0.15, 0.2) is 11.5 Å².